The minimum atomic E-state index is -4.36. The molecule has 1 aromatic rings. The molecule has 0 amide bonds. The Bertz CT molecular complexity index is 626. The third kappa shape index (κ3) is 6.09. The SMILES string of the molecule is CN=C(NCCCNc1ccc(C(F)(F)F)cn1)NC1CC2CCC1O2.I. The number of guanidine groups is 1. The molecule has 2 aliphatic rings. The molecule has 152 valence electrons. The fraction of sp³-hybridized carbons (Fsp3) is 0.647. The summed E-state index contributed by atoms with van der Waals surface area (Å²) < 4.78 is 43.3. The van der Waals surface area contributed by atoms with E-state index in [0.29, 0.717) is 31.1 Å². The summed E-state index contributed by atoms with van der Waals surface area (Å²) in [6.07, 6.45) is 1.19. The van der Waals surface area contributed by atoms with E-state index in [-0.39, 0.29) is 30.1 Å². The quantitative estimate of drug-likeness (QED) is 0.243. The molecule has 3 rings (SSSR count). The van der Waals surface area contributed by atoms with Crippen LogP contribution in [0.4, 0.5) is 19.0 Å². The zero-order chi connectivity index (χ0) is 18.6. The molecule has 0 spiro atoms. The minimum absolute atomic E-state index is 0. The fourth-order valence-electron chi connectivity index (χ4n) is 3.34. The number of nitrogens with zero attached hydrogens (tertiary/aromatic N) is 2. The number of rotatable bonds is 6. The zero-order valence-electron chi connectivity index (χ0n) is 15.1. The van der Waals surface area contributed by atoms with E-state index in [1.54, 1.807) is 7.05 Å². The summed E-state index contributed by atoms with van der Waals surface area (Å²) in [4.78, 5) is 8.01. The molecule has 3 N–H and O–H groups in total. The number of ether oxygens (including phenoxy) is 1. The second-order valence-electron chi connectivity index (χ2n) is 6.57. The topological polar surface area (TPSA) is 70.6 Å². The Morgan fingerprint density at radius 1 is 1.30 bits per heavy atom. The Hall–Kier alpha value is -1.30. The normalized spacial score (nSPS) is 24.4. The monoisotopic (exact) mass is 499 g/mol. The second-order valence-corrected chi connectivity index (χ2v) is 6.57. The molecule has 0 aliphatic carbocycles. The summed E-state index contributed by atoms with van der Waals surface area (Å²) in [5.41, 5.74) is -0.746. The number of hydrogen-bond acceptors (Lipinski definition) is 4. The van der Waals surface area contributed by atoms with Gasteiger partial charge in [-0.2, -0.15) is 13.2 Å². The zero-order valence-corrected chi connectivity index (χ0v) is 17.4. The van der Waals surface area contributed by atoms with Crippen LogP contribution in [0.1, 0.15) is 31.2 Å². The molecule has 3 heterocycles. The third-order valence-corrected chi connectivity index (χ3v) is 4.69. The Morgan fingerprint density at radius 2 is 2.11 bits per heavy atom. The summed E-state index contributed by atoms with van der Waals surface area (Å²) >= 11 is 0. The standard InChI is InChI=1S/C17H24F3N5O.HI/c1-21-16(25-13-9-12-4-5-14(13)26-12)23-8-2-7-22-15-6-3-11(10-24-15)17(18,19)20;/h3,6,10,12-14H,2,4-5,7-9H2,1H3,(H,22,24)(H2,21,23,25);1H. The Morgan fingerprint density at radius 3 is 2.67 bits per heavy atom. The Kier molecular flexibility index (Phi) is 7.95. The number of halogens is 4. The number of pyridine rings is 1. The summed E-state index contributed by atoms with van der Waals surface area (Å²) in [7, 11) is 1.73. The maximum atomic E-state index is 12.5. The fourth-order valence-corrected chi connectivity index (χ4v) is 3.34. The number of hydrogen-bond donors (Lipinski definition) is 3. The molecule has 0 aromatic carbocycles. The molecule has 6 nitrogen and oxygen atoms in total. The average molecular weight is 499 g/mol. The van der Waals surface area contributed by atoms with Gasteiger partial charge < -0.3 is 20.7 Å². The van der Waals surface area contributed by atoms with Gasteiger partial charge in [0.1, 0.15) is 5.82 Å². The van der Waals surface area contributed by atoms with Gasteiger partial charge in [0.2, 0.25) is 0 Å². The van der Waals surface area contributed by atoms with Crippen molar-refractivity contribution in [2.45, 2.75) is 50.1 Å². The summed E-state index contributed by atoms with van der Waals surface area (Å²) in [6, 6.07) is 2.68. The highest BCUT2D eigenvalue weighted by Gasteiger charge is 2.41. The summed E-state index contributed by atoms with van der Waals surface area (Å²) in [5, 5.41) is 9.66. The summed E-state index contributed by atoms with van der Waals surface area (Å²) in [6.45, 7) is 1.29. The molecule has 10 heteroatoms. The predicted molar refractivity (Wildman–Crippen MR) is 109 cm³/mol. The van der Waals surface area contributed by atoms with Crippen LogP contribution in [0.15, 0.2) is 23.3 Å². The maximum absolute atomic E-state index is 12.5. The second kappa shape index (κ2) is 9.76. The molecule has 2 fully saturated rings. The van der Waals surface area contributed by atoms with Crippen LogP contribution in [0.2, 0.25) is 0 Å². The number of anilines is 1. The Labute approximate surface area is 173 Å². The predicted octanol–water partition coefficient (Wildman–Crippen LogP) is 3.01. The highest BCUT2D eigenvalue weighted by Crippen LogP contribution is 2.34. The Balaban J connectivity index is 0.00000261. The van der Waals surface area contributed by atoms with Gasteiger partial charge >= 0.3 is 6.18 Å². The van der Waals surface area contributed by atoms with Crippen LogP contribution < -0.4 is 16.0 Å². The molecule has 3 atom stereocenters. The van der Waals surface area contributed by atoms with Crippen LogP contribution in [0.5, 0.6) is 0 Å². The largest absolute Gasteiger partial charge is 0.417 e. The molecule has 27 heavy (non-hydrogen) atoms. The average Bonchev–Trinajstić information content (AvgIpc) is 3.23. The third-order valence-electron chi connectivity index (χ3n) is 4.69. The first-order valence-electron chi connectivity index (χ1n) is 8.85. The number of alkyl halides is 3. The molecule has 0 radical (unpaired) electrons. The minimum Gasteiger partial charge on any atom is -0.373 e. The van der Waals surface area contributed by atoms with Crippen LogP contribution in [0, 0.1) is 0 Å². The van der Waals surface area contributed by atoms with Gasteiger partial charge in [0.15, 0.2) is 5.96 Å². The van der Waals surface area contributed by atoms with Crippen molar-refractivity contribution >= 4 is 35.8 Å². The van der Waals surface area contributed by atoms with Crippen molar-refractivity contribution < 1.29 is 17.9 Å². The molecule has 1 aromatic heterocycles. The van der Waals surface area contributed by atoms with Crippen molar-refractivity contribution in [2.75, 3.05) is 25.5 Å². The molecule has 0 saturated carbocycles. The van der Waals surface area contributed by atoms with Crippen LogP contribution in [0.3, 0.4) is 0 Å². The van der Waals surface area contributed by atoms with Crippen LogP contribution in [-0.4, -0.2) is 49.3 Å². The van der Waals surface area contributed by atoms with Crippen molar-refractivity contribution in [1.29, 1.82) is 0 Å². The smallest absolute Gasteiger partial charge is 0.373 e. The van der Waals surface area contributed by atoms with Crippen molar-refractivity contribution in [3.63, 3.8) is 0 Å². The van der Waals surface area contributed by atoms with Gasteiger partial charge in [-0.15, -0.1) is 24.0 Å². The van der Waals surface area contributed by atoms with Crippen LogP contribution in [-0.2, 0) is 10.9 Å². The molecule has 2 bridgehead atoms. The van der Waals surface area contributed by atoms with E-state index in [0.717, 1.165) is 43.9 Å². The molecular weight excluding hydrogens is 474 g/mol. The lowest BCUT2D eigenvalue weighted by Gasteiger charge is -2.22. The lowest BCUT2D eigenvalue weighted by atomic mass is 9.96. The van der Waals surface area contributed by atoms with E-state index in [2.05, 4.69) is 25.9 Å². The van der Waals surface area contributed by atoms with E-state index in [1.807, 2.05) is 0 Å². The van der Waals surface area contributed by atoms with Crippen molar-refractivity contribution in [3.05, 3.63) is 23.9 Å². The van der Waals surface area contributed by atoms with Crippen molar-refractivity contribution in [2.24, 2.45) is 4.99 Å². The molecular formula is C17H25F3IN5O. The van der Waals surface area contributed by atoms with Crippen molar-refractivity contribution in [3.8, 4) is 0 Å². The maximum Gasteiger partial charge on any atom is 0.417 e. The molecule has 3 unspecified atom stereocenters. The van der Waals surface area contributed by atoms with Crippen LogP contribution >= 0.6 is 24.0 Å². The first-order valence-corrected chi connectivity index (χ1v) is 8.85. The van der Waals surface area contributed by atoms with Gasteiger partial charge in [-0.05, 0) is 37.8 Å². The van der Waals surface area contributed by atoms with Crippen LogP contribution in [0.25, 0.3) is 0 Å². The number of aromatic nitrogens is 1. The van der Waals surface area contributed by atoms with Gasteiger partial charge in [-0.3, -0.25) is 4.99 Å². The lowest BCUT2D eigenvalue weighted by molar-refractivity contribution is -0.137. The summed E-state index contributed by atoms with van der Waals surface area (Å²) in [5.74, 6) is 1.18. The lowest BCUT2D eigenvalue weighted by Crippen LogP contribution is -2.47. The highest BCUT2D eigenvalue weighted by molar-refractivity contribution is 14.0. The number of aliphatic imine (C=N–C) groups is 1. The van der Waals surface area contributed by atoms with E-state index >= 15 is 0 Å². The highest BCUT2D eigenvalue weighted by atomic mass is 127. The van der Waals surface area contributed by atoms with E-state index in [4.69, 9.17) is 4.74 Å². The van der Waals surface area contributed by atoms with E-state index < -0.39 is 11.7 Å². The van der Waals surface area contributed by atoms with Gasteiger partial charge in [0.05, 0.1) is 23.8 Å². The van der Waals surface area contributed by atoms with Gasteiger partial charge in [-0.1, -0.05) is 0 Å². The first-order chi connectivity index (χ1) is 12.5. The number of nitrogens with one attached hydrogen (secondary N) is 3. The van der Waals surface area contributed by atoms with Crippen molar-refractivity contribution in [1.82, 2.24) is 15.6 Å². The molecule has 2 aliphatic heterocycles. The van der Waals surface area contributed by atoms with Gasteiger partial charge in [0, 0.05) is 26.3 Å². The first kappa shape index (κ1) is 22.0. The van der Waals surface area contributed by atoms with E-state index in [9.17, 15) is 13.2 Å². The van der Waals surface area contributed by atoms with Gasteiger partial charge in [0.25, 0.3) is 0 Å². The number of fused-ring (bicyclic) bond motifs is 2. The van der Waals surface area contributed by atoms with Gasteiger partial charge in [-0.25, -0.2) is 4.98 Å². The molecule has 2 saturated heterocycles. The van der Waals surface area contributed by atoms with E-state index in [1.165, 1.54) is 6.07 Å².